The minimum atomic E-state index is -0.577. The van der Waals surface area contributed by atoms with Crippen LogP contribution < -0.4 is 15.6 Å². The summed E-state index contributed by atoms with van der Waals surface area (Å²) in [7, 11) is 0. The molecule has 0 saturated carbocycles. The van der Waals surface area contributed by atoms with Crippen molar-refractivity contribution in [2.75, 3.05) is 6.61 Å². The number of para-hydroxylation sites is 2. The Kier molecular flexibility index (Phi) is 5.73. The third-order valence-corrected chi connectivity index (χ3v) is 2.78. The number of hydrogen-bond donors (Lipinski definition) is 2. The van der Waals surface area contributed by atoms with Gasteiger partial charge in [-0.05, 0) is 30.4 Å². The number of nitrogens with zero attached hydrogens (tertiary/aromatic N) is 1. The van der Waals surface area contributed by atoms with Crippen molar-refractivity contribution < 1.29 is 18.9 Å². The molecule has 2 rings (SSSR count). The summed E-state index contributed by atoms with van der Waals surface area (Å²) in [4.78, 5) is 21.9. The van der Waals surface area contributed by atoms with Gasteiger partial charge in [0, 0.05) is 11.8 Å². The largest absolute Gasteiger partial charge is 0.477 e. The van der Waals surface area contributed by atoms with Crippen LogP contribution >= 0.6 is 0 Å². The standard InChI is InChI=1S/C16H15N3O5/c1-12(8-9-13-5-4-10-23-13)17-18-16(20)11-24-15-7-3-2-6-14(15)19(21)22/h2-10,17H,1,11H2,(H,18,20)/b9-8+. The lowest BCUT2D eigenvalue weighted by molar-refractivity contribution is -0.385. The van der Waals surface area contributed by atoms with E-state index in [9.17, 15) is 14.9 Å². The van der Waals surface area contributed by atoms with Crippen LogP contribution in [0.25, 0.3) is 6.08 Å². The van der Waals surface area contributed by atoms with Crippen molar-refractivity contribution in [3.05, 3.63) is 76.9 Å². The number of nitro benzene ring substituents is 1. The minimum absolute atomic E-state index is 0.0224. The van der Waals surface area contributed by atoms with Crippen LogP contribution in [-0.2, 0) is 4.79 Å². The SMILES string of the molecule is C=C(/C=C/c1ccco1)NNC(=O)COc1ccccc1[N+](=O)[O-]. The van der Waals surface area contributed by atoms with Crippen molar-refractivity contribution >= 4 is 17.7 Å². The van der Waals surface area contributed by atoms with E-state index in [1.54, 1.807) is 30.4 Å². The van der Waals surface area contributed by atoms with E-state index in [4.69, 9.17) is 9.15 Å². The molecule has 1 aromatic heterocycles. The molecule has 0 spiro atoms. The fraction of sp³-hybridized carbons (Fsp3) is 0.0625. The second-order valence-electron chi connectivity index (χ2n) is 4.56. The maximum Gasteiger partial charge on any atom is 0.310 e. The molecule has 0 aliphatic carbocycles. The van der Waals surface area contributed by atoms with Gasteiger partial charge in [0.2, 0.25) is 0 Å². The third kappa shape index (κ3) is 5.02. The monoisotopic (exact) mass is 329 g/mol. The molecule has 1 aromatic carbocycles. The average molecular weight is 329 g/mol. The molecule has 0 aliphatic rings. The molecule has 124 valence electrons. The first-order valence-electron chi connectivity index (χ1n) is 6.88. The summed E-state index contributed by atoms with van der Waals surface area (Å²) in [5, 5.41) is 10.8. The van der Waals surface area contributed by atoms with E-state index in [-0.39, 0.29) is 18.0 Å². The lowest BCUT2D eigenvalue weighted by atomic mass is 10.3. The number of allylic oxidation sites excluding steroid dienone is 1. The number of nitro groups is 1. The Morgan fingerprint density at radius 2 is 2.08 bits per heavy atom. The quantitative estimate of drug-likeness (QED) is 0.437. The third-order valence-electron chi connectivity index (χ3n) is 2.78. The number of ether oxygens (including phenoxy) is 1. The number of rotatable bonds is 8. The van der Waals surface area contributed by atoms with E-state index in [0.29, 0.717) is 11.5 Å². The van der Waals surface area contributed by atoms with Gasteiger partial charge in [0.25, 0.3) is 5.91 Å². The fourth-order valence-corrected chi connectivity index (χ4v) is 1.67. The van der Waals surface area contributed by atoms with Gasteiger partial charge >= 0.3 is 5.69 Å². The van der Waals surface area contributed by atoms with Crippen LogP contribution in [0.1, 0.15) is 5.76 Å². The van der Waals surface area contributed by atoms with Crippen LogP contribution in [0.2, 0.25) is 0 Å². The smallest absolute Gasteiger partial charge is 0.310 e. The Labute approximate surface area is 137 Å². The van der Waals surface area contributed by atoms with Gasteiger partial charge in [0.15, 0.2) is 12.4 Å². The van der Waals surface area contributed by atoms with E-state index in [1.165, 1.54) is 24.5 Å². The van der Waals surface area contributed by atoms with Gasteiger partial charge < -0.3 is 9.15 Å². The normalized spacial score (nSPS) is 10.3. The number of nitrogens with one attached hydrogen (secondary N) is 2. The molecule has 1 heterocycles. The highest BCUT2D eigenvalue weighted by Crippen LogP contribution is 2.25. The lowest BCUT2D eigenvalue weighted by Gasteiger charge is -2.09. The maximum absolute atomic E-state index is 11.7. The summed E-state index contributed by atoms with van der Waals surface area (Å²) in [6.45, 7) is 3.32. The molecule has 0 unspecified atom stereocenters. The van der Waals surface area contributed by atoms with Gasteiger partial charge in [-0.15, -0.1) is 0 Å². The summed E-state index contributed by atoms with van der Waals surface area (Å²) in [6.07, 6.45) is 4.82. The van der Waals surface area contributed by atoms with Crippen LogP contribution in [0.4, 0.5) is 5.69 Å². The first-order valence-corrected chi connectivity index (χ1v) is 6.88. The first-order chi connectivity index (χ1) is 11.6. The van der Waals surface area contributed by atoms with Crippen LogP contribution in [0, 0.1) is 10.1 Å². The molecule has 0 fully saturated rings. The summed E-state index contributed by atoms with van der Waals surface area (Å²) >= 11 is 0. The molecule has 0 atom stereocenters. The number of furan rings is 1. The molecule has 0 bridgehead atoms. The van der Waals surface area contributed by atoms with Crippen molar-refractivity contribution in [3.63, 3.8) is 0 Å². The zero-order valence-corrected chi connectivity index (χ0v) is 12.6. The van der Waals surface area contributed by atoms with Gasteiger partial charge in [-0.25, -0.2) is 0 Å². The molecule has 8 nitrogen and oxygen atoms in total. The van der Waals surface area contributed by atoms with Crippen molar-refractivity contribution in [2.45, 2.75) is 0 Å². The Morgan fingerprint density at radius 1 is 1.29 bits per heavy atom. The Bertz CT molecular complexity index is 753. The zero-order valence-electron chi connectivity index (χ0n) is 12.6. The molecular weight excluding hydrogens is 314 g/mol. The number of amides is 1. The van der Waals surface area contributed by atoms with E-state index in [2.05, 4.69) is 17.4 Å². The number of benzene rings is 1. The first kappa shape index (κ1) is 16.8. The highest BCUT2D eigenvalue weighted by atomic mass is 16.6. The predicted octanol–water partition coefficient (Wildman–Crippen LogP) is 2.41. The second kappa shape index (κ2) is 8.18. The number of hydrogen-bond acceptors (Lipinski definition) is 6. The van der Waals surface area contributed by atoms with E-state index < -0.39 is 10.8 Å². The van der Waals surface area contributed by atoms with Gasteiger partial charge in [-0.3, -0.25) is 25.8 Å². The minimum Gasteiger partial charge on any atom is -0.477 e. The highest BCUT2D eigenvalue weighted by Gasteiger charge is 2.14. The number of carbonyl (C=O) groups excluding carboxylic acids is 1. The molecule has 8 heteroatoms. The van der Waals surface area contributed by atoms with Crippen molar-refractivity contribution in [2.24, 2.45) is 0 Å². The second-order valence-corrected chi connectivity index (χ2v) is 4.56. The molecule has 0 aliphatic heterocycles. The van der Waals surface area contributed by atoms with Crippen LogP contribution in [0.15, 0.2) is 65.4 Å². The molecule has 1 amide bonds. The van der Waals surface area contributed by atoms with E-state index in [0.717, 1.165) is 0 Å². The van der Waals surface area contributed by atoms with Crippen molar-refractivity contribution in [3.8, 4) is 5.75 Å². The molecule has 2 aromatic rings. The maximum atomic E-state index is 11.7. The average Bonchev–Trinajstić information content (AvgIpc) is 3.10. The molecule has 2 N–H and O–H groups in total. The van der Waals surface area contributed by atoms with Crippen molar-refractivity contribution in [1.29, 1.82) is 0 Å². The van der Waals surface area contributed by atoms with Gasteiger partial charge in [-0.2, -0.15) is 0 Å². The van der Waals surface area contributed by atoms with Gasteiger partial charge in [0.05, 0.1) is 11.2 Å². The highest BCUT2D eigenvalue weighted by molar-refractivity contribution is 5.77. The topological polar surface area (TPSA) is 107 Å². The Morgan fingerprint density at radius 3 is 2.79 bits per heavy atom. The van der Waals surface area contributed by atoms with Gasteiger partial charge in [-0.1, -0.05) is 18.7 Å². The summed E-state index contributed by atoms with van der Waals surface area (Å²) in [6, 6.07) is 9.33. The van der Waals surface area contributed by atoms with Crippen LogP contribution in [-0.4, -0.2) is 17.4 Å². The molecular formula is C16H15N3O5. The van der Waals surface area contributed by atoms with Crippen LogP contribution in [0.5, 0.6) is 5.75 Å². The molecule has 0 radical (unpaired) electrons. The predicted molar refractivity (Wildman–Crippen MR) is 86.8 cm³/mol. The molecule has 24 heavy (non-hydrogen) atoms. The molecule has 0 saturated heterocycles. The van der Waals surface area contributed by atoms with Crippen LogP contribution in [0.3, 0.4) is 0 Å². The summed E-state index contributed by atoms with van der Waals surface area (Å²) in [5.74, 6) is 0.152. The number of carbonyl (C=O) groups is 1. The van der Waals surface area contributed by atoms with Crippen molar-refractivity contribution in [1.82, 2.24) is 10.9 Å². The fourth-order valence-electron chi connectivity index (χ4n) is 1.67. The van der Waals surface area contributed by atoms with E-state index >= 15 is 0 Å². The Balaban J connectivity index is 1.78. The van der Waals surface area contributed by atoms with E-state index in [1.807, 2.05) is 0 Å². The Hall–Kier alpha value is -3.55. The summed E-state index contributed by atoms with van der Waals surface area (Å²) < 4.78 is 10.3. The van der Waals surface area contributed by atoms with Gasteiger partial charge in [0.1, 0.15) is 5.76 Å². The lowest BCUT2D eigenvalue weighted by Crippen LogP contribution is -2.39. The number of hydrazine groups is 1. The summed E-state index contributed by atoms with van der Waals surface area (Å²) in [5.41, 5.74) is 5.17. The zero-order chi connectivity index (χ0) is 17.4.